The van der Waals surface area contributed by atoms with E-state index in [1.165, 1.54) is 0 Å². The first-order chi connectivity index (χ1) is 6.45. The van der Waals surface area contributed by atoms with Gasteiger partial charge in [0.2, 0.25) is 0 Å². The molecule has 0 bridgehead atoms. The number of hydrogen-bond acceptors (Lipinski definition) is 4. The van der Waals surface area contributed by atoms with Gasteiger partial charge in [-0.05, 0) is 11.8 Å². The molecule has 0 heterocycles. The van der Waals surface area contributed by atoms with Gasteiger partial charge in [-0.2, -0.15) is 5.26 Å². The van der Waals surface area contributed by atoms with E-state index in [2.05, 4.69) is 21.1 Å². The third kappa shape index (κ3) is 10.1. The van der Waals surface area contributed by atoms with Crippen LogP contribution in [0.2, 0.25) is 0 Å². The summed E-state index contributed by atoms with van der Waals surface area (Å²) in [5, 5.41) is 10.2. The topological polar surface area (TPSA) is 50.1 Å². The van der Waals surface area contributed by atoms with E-state index in [0.29, 0.717) is 18.5 Å². The van der Waals surface area contributed by atoms with Crippen LogP contribution in [0, 0.1) is 10.7 Å². The van der Waals surface area contributed by atoms with Crippen LogP contribution in [0.25, 0.3) is 0 Å². The van der Waals surface area contributed by atoms with E-state index in [-0.39, 0.29) is 0 Å². The summed E-state index contributed by atoms with van der Waals surface area (Å²) < 4.78 is 17.2. The predicted molar refractivity (Wildman–Crippen MR) is 60.8 cm³/mol. The van der Waals surface area contributed by atoms with Gasteiger partial charge in [-0.1, -0.05) is 0 Å². The molecule has 0 aliphatic rings. The maximum Gasteiger partial charge on any atom is 0.192 e. The molecule has 0 aliphatic heterocycles. The van der Waals surface area contributed by atoms with Crippen molar-refractivity contribution >= 4 is 19.8 Å². The van der Waals surface area contributed by atoms with Gasteiger partial charge in [-0.15, -0.1) is 0 Å². The van der Waals surface area contributed by atoms with Crippen molar-refractivity contribution in [3.8, 4) is 5.40 Å². The summed E-state index contributed by atoms with van der Waals surface area (Å²) >= 11 is 1.12. The lowest BCUT2D eigenvalue weighted by Crippen LogP contribution is -2.37. The van der Waals surface area contributed by atoms with E-state index in [1.54, 1.807) is 0 Å². The quantitative estimate of drug-likeness (QED) is 0.291. The summed E-state index contributed by atoms with van der Waals surface area (Å²) in [7, 11) is 4.27. The minimum absolute atomic E-state index is 0.500. The molecule has 0 aliphatic carbocycles. The molecule has 0 radical (unpaired) electrons. The molecule has 0 fully saturated rings. The number of nitriles is 1. The van der Waals surface area contributed by atoms with Gasteiger partial charge in [0, 0.05) is 11.9 Å². The average molecular weight is 237 g/mol. The molecular weight excluding hydrogens is 219 g/mol. The molecule has 0 amide bonds. The second-order valence-corrected chi connectivity index (χ2v) is 6.34. The Hall–Kier alpha value is -0.0100. The Kier molecular flexibility index (Phi) is 7.30. The molecule has 14 heavy (non-hydrogen) atoms. The third-order valence-corrected chi connectivity index (χ3v) is 3.58. The van der Waals surface area contributed by atoms with Crippen LogP contribution in [0.15, 0.2) is 0 Å². The minimum Gasteiger partial charge on any atom is -0.329 e. The summed E-state index contributed by atoms with van der Waals surface area (Å²) in [6, 6.07) is 0. The molecule has 0 spiro atoms. The molecule has 0 aromatic heterocycles. The van der Waals surface area contributed by atoms with E-state index in [1.807, 2.05) is 5.40 Å². The zero-order valence-corrected chi connectivity index (χ0v) is 10.8. The highest BCUT2D eigenvalue weighted by Gasteiger charge is 2.07. The molecule has 0 rings (SSSR count). The van der Waals surface area contributed by atoms with Crippen molar-refractivity contribution in [1.82, 2.24) is 0 Å². The molecule has 0 saturated carbocycles. The first kappa shape index (κ1) is 14.0. The Morgan fingerprint density at radius 2 is 2.14 bits per heavy atom. The van der Waals surface area contributed by atoms with Gasteiger partial charge in [0.05, 0.1) is 21.1 Å². The third-order valence-electron chi connectivity index (χ3n) is 1.50. The van der Waals surface area contributed by atoms with Crippen LogP contribution in [0.3, 0.4) is 0 Å². The molecule has 0 aromatic rings. The van der Waals surface area contributed by atoms with Gasteiger partial charge in [0.1, 0.15) is 18.6 Å². The SMILES string of the molecule is C[N+](C)(C)CCO[PH](=O)CCSC#N. The lowest BCUT2D eigenvalue weighted by molar-refractivity contribution is -0.870. The van der Waals surface area contributed by atoms with E-state index in [9.17, 15) is 4.57 Å². The first-order valence-corrected chi connectivity index (χ1v) is 6.93. The monoisotopic (exact) mass is 237 g/mol. The van der Waals surface area contributed by atoms with Crippen LogP contribution >= 0.6 is 19.8 Å². The van der Waals surface area contributed by atoms with Crippen molar-refractivity contribution < 1.29 is 13.6 Å². The number of nitrogens with zero attached hydrogens (tertiary/aromatic N) is 2. The van der Waals surface area contributed by atoms with Gasteiger partial charge in [0.15, 0.2) is 8.03 Å². The standard InChI is InChI=1S/C8H18N2O2PS/c1-10(2,3)4-5-12-13(11)6-7-14-8-9/h13H,4-7H2,1-3H3/q+1. The second kappa shape index (κ2) is 7.30. The predicted octanol–water partition coefficient (Wildman–Crippen LogP) is 1.40. The van der Waals surface area contributed by atoms with E-state index >= 15 is 0 Å². The van der Waals surface area contributed by atoms with E-state index in [0.717, 1.165) is 22.8 Å². The Bertz CT molecular complexity index is 222. The Morgan fingerprint density at radius 3 is 2.64 bits per heavy atom. The molecule has 0 N–H and O–H groups in total. The van der Waals surface area contributed by atoms with E-state index in [4.69, 9.17) is 9.79 Å². The molecule has 0 aromatic carbocycles. The van der Waals surface area contributed by atoms with Crippen LogP contribution in [0.1, 0.15) is 0 Å². The Balaban J connectivity index is 3.42. The van der Waals surface area contributed by atoms with Crippen molar-refractivity contribution in [1.29, 1.82) is 5.26 Å². The summed E-state index contributed by atoms with van der Waals surface area (Å²) in [5.41, 5.74) is 0. The summed E-state index contributed by atoms with van der Waals surface area (Å²) in [5.74, 6) is 0.596. The lowest BCUT2D eigenvalue weighted by Gasteiger charge is -2.23. The van der Waals surface area contributed by atoms with Crippen LogP contribution < -0.4 is 0 Å². The van der Waals surface area contributed by atoms with Gasteiger partial charge in [-0.3, -0.25) is 4.57 Å². The molecule has 82 valence electrons. The number of likely N-dealkylation sites (N-methyl/N-ethyl adjacent to an activating group) is 1. The zero-order valence-electron chi connectivity index (χ0n) is 8.95. The number of quaternary nitrogens is 1. The Labute approximate surface area is 90.7 Å². The summed E-state index contributed by atoms with van der Waals surface area (Å²) in [6.07, 6.45) is 0.500. The van der Waals surface area contributed by atoms with Crippen molar-refractivity contribution in [3.63, 3.8) is 0 Å². The number of rotatable bonds is 7. The number of thiocyanates is 1. The highest BCUT2D eigenvalue weighted by atomic mass is 32.2. The fourth-order valence-electron chi connectivity index (χ4n) is 0.686. The first-order valence-electron chi connectivity index (χ1n) is 4.42. The normalized spacial score (nSPS) is 13.6. The van der Waals surface area contributed by atoms with Crippen LogP contribution in [-0.2, 0) is 9.09 Å². The fourth-order valence-corrected chi connectivity index (χ4v) is 2.32. The van der Waals surface area contributed by atoms with Crippen molar-refractivity contribution in [2.75, 3.05) is 46.2 Å². The van der Waals surface area contributed by atoms with Crippen LogP contribution in [0.5, 0.6) is 0 Å². The number of hydrogen-bond donors (Lipinski definition) is 0. The maximum atomic E-state index is 11.2. The summed E-state index contributed by atoms with van der Waals surface area (Å²) in [4.78, 5) is 0. The van der Waals surface area contributed by atoms with Gasteiger partial charge < -0.3 is 9.01 Å². The molecule has 1 unspecified atom stereocenters. The minimum atomic E-state index is -1.92. The maximum absolute atomic E-state index is 11.2. The summed E-state index contributed by atoms with van der Waals surface area (Å²) in [6.45, 7) is 1.38. The highest BCUT2D eigenvalue weighted by molar-refractivity contribution is 8.03. The number of thioether (sulfide) groups is 1. The molecular formula is C8H18N2O2PS+. The fraction of sp³-hybridized carbons (Fsp3) is 0.875. The van der Waals surface area contributed by atoms with Gasteiger partial charge >= 0.3 is 0 Å². The van der Waals surface area contributed by atoms with Gasteiger partial charge in [-0.25, -0.2) is 0 Å². The highest BCUT2D eigenvalue weighted by Crippen LogP contribution is 2.22. The van der Waals surface area contributed by atoms with Crippen LogP contribution in [-0.4, -0.2) is 50.7 Å². The van der Waals surface area contributed by atoms with Crippen molar-refractivity contribution in [2.24, 2.45) is 0 Å². The molecule has 1 atom stereocenters. The van der Waals surface area contributed by atoms with Crippen molar-refractivity contribution in [2.45, 2.75) is 0 Å². The lowest BCUT2D eigenvalue weighted by atomic mass is 10.5. The van der Waals surface area contributed by atoms with Crippen LogP contribution in [0.4, 0.5) is 0 Å². The van der Waals surface area contributed by atoms with Gasteiger partial charge in [0.25, 0.3) is 0 Å². The Morgan fingerprint density at radius 1 is 1.50 bits per heavy atom. The van der Waals surface area contributed by atoms with E-state index < -0.39 is 8.03 Å². The van der Waals surface area contributed by atoms with Crippen molar-refractivity contribution in [3.05, 3.63) is 0 Å². The zero-order chi connectivity index (χ0) is 11.0. The smallest absolute Gasteiger partial charge is 0.192 e. The molecule has 0 saturated heterocycles. The average Bonchev–Trinajstić information content (AvgIpc) is 2.02. The molecule has 6 heteroatoms. The molecule has 4 nitrogen and oxygen atoms in total. The second-order valence-electron chi connectivity index (χ2n) is 3.92. The largest absolute Gasteiger partial charge is 0.329 e.